The van der Waals surface area contributed by atoms with Gasteiger partial charge in [0.15, 0.2) is 0 Å². The van der Waals surface area contributed by atoms with Gasteiger partial charge in [0.05, 0.1) is 18.8 Å². The van der Waals surface area contributed by atoms with Gasteiger partial charge in [0.2, 0.25) is 0 Å². The van der Waals surface area contributed by atoms with Crippen molar-refractivity contribution < 1.29 is 13.9 Å². The molecule has 1 aliphatic rings. The summed E-state index contributed by atoms with van der Waals surface area (Å²) in [6, 6.07) is 16.1. The number of morpholine rings is 1. The van der Waals surface area contributed by atoms with Gasteiger partial charge in [0.1, 0.15) is 11.6 Å². The van der Waals surface area contributed by atoms with E-state index in [-0.39, 0.29) is 11.7 Å². The van der Waals surface area contributed by atoms with Gasteiger partial charge in [-0.25, -0.2) is 9.37 Å². The lowest BCUT2D eigenvalue weighted by Gasteiger charge is -2.28. The highest BCUT2D eigenvalue weighted by Crippen LogP contribution is 2.28. The van der Waals surface area contributed by atoms with Gasteiger partial charge in [-0.05, 0) is 53.1 Å². The van der Waals surface area contributed by atoms with E-state index >= 15 is 0 Å². The molecule has 2 aromatic carbocycles. The van der Waals surface area contributed by atoms with Crippen LogP contribution < -0.4 is 15.5 Å². The Kier molecular flexibility index (Phi) is 6.43. The fourth-order valence-electron chi connectivity index (χ4n) is 3.61. The van der Waals surface area contributed by atoms with Crippen molar-refractivity contribution in [3.8, 4) is 11.1 Å². The standard InChI is InChI=1S/C24H25FN4O2/c1-26-24(30)21-6-5-18(14-22(21)28-16-17-3-2-4-20(25)13-17)19-7-8-27-23(15-19)29-9-11-31-12-10-29/h2-8,13-15,28H,9-12,16H2,1H3,(H,26,30). The average Bonchev–Trinajstić information content (AvgIpc) is 2.83. The second kappa shape index (κ2) is 9.57. The molecular formula is C24H25FN4O2. The van der Waals surface area contributed by atoms with Crippen LogP contribution in [0.15, 0.2) is 60.8 Å². The molecule has 1 fully saturated rings. The maximum atomic E-state index is 13.5. The van der Waals surface area contributed by atoms with Gasteiger partial charge in [-0.15, -0.1) is 0 Å². The van der Waals surface area contributed by atoms with Crippen molar-refractivity contribution in [1.82, 2.24) is 10.3 Å². The van der Waals surface area contributed by atoms with Crippen LogP contribution in [0.1, 0.15) is 15.9 Å². The first-order valence-corrected chi connectivity index (χ1v) is 10.3. The highest BCUT2D eigenvalue weighted by Gasteiger charge is 2.15. The first kappa shape index (κ1) is 20.8. The molecule has 3 aromatic rings. The molecule has 7 heteroatoms. The molecule has 0 radical (unpaired) electrons. The predicted molar refractivity (Wildman–Crippen MR) is 120 cm³/mol. The van der Waals surface area contributed by atoms with Crippen molar-refractivity contribution in [2.45, 2.75) is 6.54 Å². The summed E-state index contributed by atoms with van der Waals surface area (Å²) in [4.78, 5) is 19.1. The minimum absolute atomic E-state index is 0.183. The molecule has 0 saturated carbocycles. The lowest BCUT2D eigenvalue weighted by molar-refractivity contribution is 0.0964. The first-order chi connectivity index (χ1) is 15.1. The normalized spacial score (nSPS) is 13.7. The number of nitrogens with one attached hydrogen (secondary N) is 2. The van der Waals surface area contributed by atoms with E-state index in [9.17, 15) is 9.18 Å². The Morgan fingerprint density at radius 3 is 2.68 bits per heavy atom. The fraction of sp³-hybridized carbons (Fsp3) is 0.250. The van der Waals surface area contributed by atoms with Gasteiger partial charge in [-0.2, -0.15) is 0 Å². The van der Waals surface area contributed by atoms with Gasteiger partial charge < -0.3 is 20.3 Å². The van der Waals surface area contributed by atoms with E-state index in [1.165, 1.54) is 12.1 Å². The Morgan fingerprint density at radius 1 is 1.10 bits per heavy atom. The molecule has 0 bridgehead atoms. The van der Waals surface area contributed by atoms with Gasteiger partial charge in [-0.3, -0.25) is 4.79 Å². The molecule has 2 heterocycles. The molecule has 0 aliphatic carbocycles. The van der Waals surface area contributed by atoms with Crippen molar-refractivity contribution in [2.24, 2.45) is 0 Å². The highest BCUT2D eigenvalue weighted by atomic mass is 19.1. The molecule has 0 spiro atoms. The van der Waals surface area contributed by atoms with E-state index < -0.39 is 0 Å². The molecule has 4 rings (SSSR count). The number of benzene rings is 2. The number of anilines is 2. The van der Waals surface area contributed by atoms with E-state index in [0.29, 0.717) is 31.0 Å². The molecule has 6 nitrogen and oxygen atoms in total. The number of pyridine rings is 1. The summed E-state index contributed by atoms with van der Waals surface area (Å²) in [5.41, 5.74) is 3.99. The van der Waals surface area contributed by atoms with Gasteiger partial charge in [0.25, 0.3) is 5.91 Å². The number of hydrogen-bond donors (Lipinski definition) is 2. The molecule has 2 N–H and O–H groups in total. The quantitative estimate of drug-likeness (QED) is 0.637. The van der Waals surface area contributed by atoms with Crippen LogP contribution >= 0.6 is 0 Å². The summed E-state index contributed by atoms with van der Waals surface area (Å²) in [5, 5.41) is 5.96. The molecule has 1 saturated heterocycles. The van der Waals surface area contributed by atoms with E-state index in [4.69, 9.17) is 4.74 Å². The number of aromatic nitrogens is 1. The van der Waals surface area contributed by atoms with Crippen LogP contribution in [-0.2, 0) is 11.3 Å². The monoisotopic (exact) mass is 420 g/mol. The minimum Gasteiger partial charge on any atom is -0.380 e. The van der Waals surface area contributed by atoms with Crippen LogP contribution in [0.25, 0.3) is 11.1 Å². The molecule has 1 aliphatic heterocycles. The minimum atomic E-state index is -0.285. The lowest BCUT2D eigenvalue weighted by Crippen LogP contribution is -2.36. The second-order valence-corrected chi connectivity index (χ2v) is 7.33. The number of amides is 1. The summed E-state index contributed by atoms with van der Waals surface area (Å²) < 4.78 is 19.0. The van der Waals surface area contributed by atoms with Gasteiger partial charge >= 0.3 is 0 Å². The van der Waals surface area contributed by atoms with Crippen LogP contribution in [0.5, 0.6) is 0 Å². The third kappa shape index (κ3) is 5.00. The molecule has 160 valence electrons. The smallest absolute Gasteiger partial charge is 0.253 e. The highest BCUT2D eigenvalue weighted by molar-refractivity contribution is 6.00. The van der Waals surface area contributed by atoms with Crippen LogP contribution in [0.4, 0.5) is 15.9 Å². The Bertz CT molecular complexity index is 1070. The van der Waals surface area contributed by atoms with Crippen molar-refractivity contribution in [1.29, 1.82) is 0 Å². The largest absolute Gasteiger partial charge is 0.380 e. The summed E-state index contributed by atoms with van der Waals surface area (Å²) in [5.74, 6) is 0.439. The number of hydrogen-bond acceptors (Lipinski definition) is 5. The third-order valence-corrected chi connectivity index (χ3v) is 5.28. The van der Waals surface area contributed by atoms with Crippen molar-refractivity contribution in [3.05, 3.63) is 77.7 Å². The van der Waals surface area contributed by atoms with Crippen LogP contribution in [0.3, 0.4) is 0 Å². The van der Waals surface area contributed by atoms with Crippen LogP contribution in [0.2, 0.25) is 0 Å². The number of carbonyl (C=O) groups is 1. The predicted octanol–water partition coefficient (Wildman–Crippen LogP) is 3.70. The molecule has 0 unspecified atom stereocenters. The van der Waals surface area contributed by atoms with Crippen LogP contribution in [-0.4, -0.2) is 44.2 Å². The van der Waals surface area contributed by atoms with E-state index in [0.717, 1.165) is 35.6 Å². The van der Waals surface area contributed by atoms with Gasteiger partial charge in [-0.1, -0.05) is 18.2 Å². The Balaban J connectivity index is 1.63. The number of rotatable bonds is 6. The fourth-order valence-corrected chi connectivity index (χ4v) is 3.61. The lowest BCUT2D eigenvalue weighted by atomic mass is 10.0. The first-order valence-electron chi connectivity index (χ1n) is 10.3. The third-order valence-electron chi connectivity index (χ3n) is 5.28. The van der Waals surface area contributed by atoms with Crippen molar-refractivity contribution in [2.75, 3.05) is 43.6 Å². The zero-order chi connectivity index (χ0) is 21.6. The number of halogens is 1. The molecular weight excluding hydrogens is 395 g/mol. The Hall–Kier alpha value is -3.45. The van der Waals surface area contributed by atoms with Gasteiger partial charge in [0, 0.05) is 38.6 Å². The molecule has 1 aromatic heterocycles. The zero-order valence-corrected chi connectivity index (χ0v) is 17.4. The second-order valence-electron chi connectivity index (χ2n) is 7.33. The summed E-state index contributed by atoms with van der Waals surface area (Å²) in [6.07, 6.45) is 1.80. The Labute approximate surface area is 181 Å². The molecule has 1 amide bonds. The Morgan fingerprint density at radius 2 is 1.90 bits per heavy atom. The van der Waals surface area contributed by atoms with Crippen LogP contribution in [0, 0.1) is 5.82 Å². The van der Waals surface area contributed by atoms with E-state index in [1.54, 1.807) is 25.4 Å². The van der Waals surface area contributed by atoms with E-state index in [2.05, 4.69) is 26.6 Å². The number of nitrogens with zero attached hydrogens (tertiary/aromatic N) is 2. The topological polar surface area (TPSA) is 66.5 Å². The number of ether oxygens (including phenoxy) is 1. The van der Waals surface area contributed by atoms with Crippen molar-refractivity contribution >= 4 is 17.4 Å². The summed E-state index contributed by atoms with van der Waals surface area (Å²) >= 11 is 0. The van der Waals surface area contributed by atoms with E-state index in [1.807, 2.05) is 24.3 Å². The average molecular weight is 420 g/mol. The maximum absolute atomic E-state index is 13.5. The summed E-state index contributed by atoms with van der Waals surface area (Å²) in [6.45, 7) is 3.42. The van der Waals surface area contributed by atoms with Crippen molar-refractivity contribution in [3.63, 3.8) is 0 Å². The molecule has 31 heavy (non-hydrogen) atoms. The summed E-state index contributed by atoms with van der Waals surface area (Å²) in [7, 11) is 1.60. The maximum Gasteiger partial charge on any atom is 0.253 e. The SMILES string of the molecule is CNC(=O)c1ccc(-c2ccnc(N3CCOCC3)c2)cc1NCc1cccc(F)c1. The zero-order valence-electron chi connectivity index (χ0n) is 17.4. The number of carbonyl (C=O) groups excluding carboxylic acids is 1. The molecule has 0 atom stereocenters.